The molecule has 1 aromatic carbocycles. The third kappa shape index (κ3) is 1.89. The SMILES string of the molecule is CC(=O)c1cc(-c2ccc(F)cc2F)c2c(n1)[C@@H]1CC[C@H]2O1. The lowest BCUT2D eigenvalue weighted by Crippen LogP contribution is -2.09. The van der Waals surface area contributed by atoms with Crippen LogP contribution < -0.4 is 0 Å². The number of carbonyl (C=O) groups is 1. The van der Waals surface area contributed by atoms with Crippen molar-refractivity contribution in [3.63, 3.8) is 0 Å². The maximum Gasteiger partial charge on any atom is 0.178 e. The first-order valence-electron chi connectivity index (χ1n) is 7.21. The van der Waals surface area contributed by atoms with Gasteiger partial charge in [0, 0.05) is 24.1 Å². The van der Waals surface area contributed by atoms with Crippen LogP contribution in [-0.4, -0.2) is 10.8 Å². The number of fused-ring (bicyclic) bond motifs is 5. The van der Waals surface area contributed by atoms with Crippen molar-refractivity contribution in [1.82, 2.24) is 4.98 Å². The highest BCUT2D eigenvalue weighted by Crippen LogP contribution is 2.53. The number of nitrogens with zero attached hydrogens (tertiary/aromatic N) is 1. The number of pyridine rings is 1. The van der Waals surface area contributed by atoms with Crippen molar-refractivity contribution in [2.75, 3.05) is 0 Å². The molecule has 3 nitrogen and oxygen atoms in total. The third-order valence-electron chi connectivity index (χ3n) is 4.32. The summed E-state index contributed by atoms with van der Waals surface area (Å²) < 4.78 is 33.2. The molecule has 112 valence electrons. The summed E-state index contributed by atoms with van der Waals surface area (Å²) in [5.41, 5.74) is 2.71. The van der Waals surface area contributed by atoms with Gasteiger partial charge in [-0.05, 0) is 36.6 Å². The lowest BCUT2D eigenvalue weighted by Gasteiger charge is -2.17. The standard InChI is InChI=1S/C17H13F2NO2/c1-8(21)13-7-11(10-3-2-9(18)6-12(10)19)16-14-4-5-15(22-14)17(16)20-13/h2-3,6-7,14-15H,4-5H2,1H3/t14-,15+/m1/s1. The van der Waals surface area contributed by atoms with E-state index in [-0.39, 0.29) is 29.2 Å². The Morgan fingerprint density at radius 1 is 1.18 bits per heavy atom. The molecule has 1 aromatic heterocycles. The molecule has 22 heavy (non-hydrogen) atoms. The second kappa shape index (κ2) is 4.68. The summed E-state index contributed by atoms with van der Waals surface area (Å²) in [5.74, 6) is -1.46. The second-order valence-electron chi connectivity index (χ2n) is 5.73. The first kappa shape index (κ1) is 13.5. The molecule has 4 rings (SSSR count). The zero-order valence-corrected chi connectivity index (χ0v) is 11.9. The fourth-order valence-corrected chi connectivity index (χ4v) is 3.32. The number of hydrogen-bond acceptors (Lipinski definition) is 3. The quantitative estimate of drug-likeness (QED) is 0.783. The van der Waals surface area contributed by atoms with Gasteiger partial charge < -0.3 is 4.74 Å². The number of hydrogen-bond donors (Lipinski definition) is 0. The van der Waals surface area contributed by atoms with Crippen LogP contribution in [-0.2, 0) is 4.74 Å². The van der Waals surface area contributed by atoms with E-state index in [4.69, 9.17) is 4.74 Å². The molecular weight excluding hydrogens is 288 g/mol. The van der Waals surface area contributed by atoms with E-state index < -0.39 is 11.6 Å². The highest BCUT2D eigenvalue weighted by molar-refractivity contribution is 5.94. The van der Waals surface area contributed by atoms with Gasteiger partial charge in [-0.3, -0.25) is 4.79 Å². The Balaban J connectivity index is 1.99. The maximum atomic E-state index is 14.2. The smallest absolute Gasteiger partial charge is 0.178 e. The lowest BCUT2D eigenvalue weighted by molar-refractivity contribution is 0.0704. The zero-order valence-electron chi connectivity index (χ0n) is 11.9. The highest BCUT2D eigenvalue weighted by atomic mass is 19.1. The van der Waals surface area contributed by atoms with Gasteiger partial charge in [0.2, 0.25) is 0 Å². The van der Waals surface area contributed by atoms with Crippen LogP contribution in [0.25, 0.3) is 11.1 Å². The number of Topliss-reactive ketones (excluding diaryl/α,β-unsaturated/α-hetero) is 1. The van der Waals surface area contributed by atoms with E-state index in [0.29, 0.717) is 5.56 Å². The molecule has 2 aromatic rings. The van der Waals surface area contributed by atoms with Crippen molar-refractivity contribution in [2.45, 2.75) is 32.0 Å². The van der Waals surface area contributed by atoms with Crippen molar-refractivity contribution < 1.29 is 18.3 Å². The van der Waals surface area contributed by atoms with Gasteiger partial charge in [-0.1, -0.05) is 0 Å². The molecule has 2 atom stereocenters. The number of aromatic nitrogens is 1. The van der Waals surface area contributed by atoms with E-state index in [2.05, 4.69) is 4.98 Å². The number of rotatable bonds is 2. The van der Waals surface area contributed by atoms with Crippen LogP contribution in [0.15, 0.2) is 24.3 Å². The fourth-order valence-electron chi connectivity index (χ4n) is 3.32. The molecule has 1 saturated heterocycles. The largest absolute Gasteiger partial charge is 0.364 e. The summed E-state index contributed by atoms with van der Waals surface area (Å²) in [5, 5.41) is 0. The topological polar surface area (TPSA) is 39.2 Å². The predicted octanol–water partition coefficient (Wildman–Crippen LogP) is 4.14. The Morgan fingerprint density at radius 2 is 1.95 bits per heavy atom. The molecular formula is C17H13F2NO2. The van der Waals surface area contributed by atoms with Gasteiger partial charge in [-0.2, -0.15) is 0 Å². The van der Waals surface area contributed by atoms with Gasteiger partial charge >= 0.3 is 0 Å². The Labute approximate surface area is 125 Å². The molecule has 5 heteroatoms. The second-order valence-corrected chi connectivity index (χ2v) is 5.73. The monoisotopic (exact) mass is 301 g/mol. The molecule has 2 bridgehead atoms. The zero-order chi connectivity index (χ0) is 15.4. The van der Waals surface area contributed by atoms with Crippen molar-refractivity contribution in [2.24, 2.45) is 0 Å². The molecule has 0 unspecified atom stereocenters. The molecule has 1 fully saturated rings. The molecule has 0 N–H and O–H groups in total. The molecule has 0 radical (unpaired) electrons. The van der Waals surface area contributed by atoms with Crippen LogP contribution in [0.2, 0.25) is 0 Å². The number of benzene rings is 1. The summed E-state index contributed by atoms with van der Waals surface area (Å²) in [4.78, 5) is 16.1. The van der Waals surface area contributed by atoms with E-state index >= 15 is 0 Å². The molecule has 2 aliphatic rings. The molecule has 0 aliphatic carbocycles. The van der Waals surface area contributed by atoms with Crippen LogP contribution in [0.4, 0.5) is 8.78 Å². The van der Waals surface area contributed by atoms with E-state index in [9.17, 15) is 13.6 Å². The first-order valence-corrected chi connectivity index (χ1v) is 7.21. The van der Waals surface area contributed by atoms with Gasteiger partial charge in [0.25, 0.3) is 0 Å². The van der Waals surface area contributed by atoms with Gasteiger partial charge in [-0.25, -0.2) is 13.8 Å². The Hall–Kier alpha value is -2.14. The van der Waals surface area contributed by atoms with E-state index in [1.807, 2.05) is 0 Å². The summed E-state index contributed by atoms with van der Waals surface area (Å²) in [6.45, 7) is 1.42. The first-order chi connectivity index (χ1) is 10.5. The minimum absolute atomic E-state index is 0.118. The van der Waals surface area contributed by atoms with Gasteiger partial charge in [0.05, 0.1) is 11.8 Å². The number of ketones is 1. The third-order valence-corrected chi connectivity index (χ3v) is 4.32. The van der Waals surface area contributed by atoms with Crippen LogP contribution in [0, 0.1) is 11.6 Å². The summed E-state index contributed by atoms with van der Waals surface area (Å²) in [6, 6.07) is 5.05. The van der Waals surface area contributed by atoms with Crippen LogP contribution >= 0.6 is 0 Å². The average molecular weight is 301 g/mol. The summed E-state index contributed by atoms with van der Waals surface area (Å²) >= 11 is 0. The molecule has 2 aliphatic heterocycles. The van der Waals surface area contributed by atoms with Gasteiger partial charge in [0.1, 0.15) is 23.4 Å². The molecule has 0 amide bonds. The Morgan fingerprint density at radius 3 is 2.68 bits per heavy atom. The summed E-state index contributed by atoms with van der Waals surface area (Å²) in [6.07, 6.45) is 1.47. The minimum atomic E-state index is -0.648. The predicted molar refractivity (Wildman–Crippen MR) is 75.4 cm³/mol. The lowest BCUT2D eigenvalue weighted by atomic mass is 9.88. The fraction of sp³-hybridized carbons (Fsp3) is 0.294. The van der Waals surface area contributed by atoms with E-state index in [1.165, 1.54) is 19.1 Å². The Kier molecular flexibility index (Phi) is 2.87. The van der Waals surface area contributed by atoms with Gasteiger partial charge in [0.15, 0.2) is 5.78 Å². The number of carbonyl (C=O) groups excluding carboxylic acids is 1. The minimum Gasteiger partial charge on any atom is -0.364 e. The van der Waals surface area contributed by atoms with Crippen LogP contribution in [0.1, 0.15) is 53.7 Å². The molecule has 0 saturated carbocycles. The van der Waals surface area contributed by atoms with Crippen molar-refractivity contribution >= 4 is 5.78 Å². The Bertz CT molecular complexity index is 803. The van der Waals surface area contributed by atoms with Crippen LogP contribution in [0.3, 0.4) is 0 Å². The number of ether oxygens (including phenoxy) is 1. The van der Waals surface area contributed by atoms with Crippen molar-refractivity contribution in [1.29, 1.82) is 0 Å². The summed E-state index contributed by atoms with van der Waals surface area (Å²) in [7, 11) is 0. The van der Waals surface area contributed by atoms with E-state index in [1.54, 1.807) is 6.07 Å². The normalized spacial score (nSPS) is 22.0. The maximum absolute atomic E-state index is 14.2. The highest BCUT2D eigenvalue weighted by Gasteiger charge is 2.41. The van der Waals surface area contributed by atoms with Crippen LogP contribution in [0.5, 0.6) is 0 Å². The van der Waals surface area contributed by atoms with Crippen molar-refractivity contribution in [3.8, 4) is 11.1 Å². The number of halogens is 2. The van der Waals surface area contributed by atoms with Gasteiger partial charge in [-0.15, -0.1) is 0 Å². The van der Waals surface area contributed by atoms with Crippen molar-refractivity contribution in [3.05, 3.63) is 52.9 Å². The molecule has 0 spiro atoms. The van der Waals surface area contributed by atoms with E-state index in [0.717, 1.165) is 30.2 Å². The molecule has 3 heterocycles. The average Bonchev–Trinajstić information content (AvgIpc) is 3.08.